The number of likely N-dealkylation sites (tertiary alicyclic amines) is 1. The summed E-state index contributed by atoms with van der Waals surface area (Å²) in [4.78, 5) is 11.0. The van der Waals surface area contributed by atoms with Crippen LogP contribution >= 0.6 is 11.3 Å². The Hall–Kier alpha value is -1.07. The zero-order valence-electron chi connectivity index (χ0n) is 12.4. The van der Waals surface area contributed by atoms with Crippen molar-refractivity contribution in [1.29, 1.82) is 0 Å². The summed E-state index contributed by atoms with van der Waals surface area (Å²) in [7, 11) is -2.02. The molecule has 0 aliphatic carbocycles. The van der Waals surface area contributed by atoms with Crippen LogP contribution in [0, 0.1) is 0 Å². The van der Waals surface area contributed by atoms with Crippen LogP contribution in [-0.2, 0) is 14.9 Å². The highest BCUT2D eigenvalue weighted by molar-refractivity contribution is 7.87. The number of thiazole rings is 1. The molecule has 2 rings (SSSR count). The zero-order chi connectivity index (χ0) is 16.0. The van der Waals surface area contributed by atoms with Crippen LogP contribution < -0.4 is 9.86 Å². The fourth-order valence-electron chi connectivity index (χ4n) is 2.31. The quantitative estimate of drug-likeness (QED) is 0.403. The van der Waals surface area contributed by atoms with E-state index in [1.807, 2.05) is 5.38 Å². The van der Waals surface area contributed by atoms with Gasteiger partial charge in [-0.3, -0.25) is 4.99 Å². The normalized spacial score (nSPS) is 19.8. The molecule has 0 unspecified atom stereocenters. The Morgan fingerprint density at radius 2 is 2.50 bits per heavy atom. The Balaban J connectivity index is 2.03. The molecule has 1 saturated heterocycles. The number of nitrogens with zero attached hydrogens (tertiary/aromatic N) is 3. The minimum atomic E-state index is -3.68. The van der Waals surface area contributed by atoms with Crippen molar-refractivity contribution in [2.75, 3.05) is 33.4 Å². The van der Waals surface area contributed by atoms with E-state index < -0.39 is 10.2 Å². The van der Waals surface area contributed by atoms with Crippen LogP contribution in [0.15, 0.2) is 16.6 Å². The van der Waals surface area contributed by atoms with Crippen LogP contribution in [0.2, 0.25) is 0 Å². The number of nitrogens with one attached hydrogen (secondary N) is 1. The minimum Gasteiger partial charge on any atom is -0.385 e. The Labute approximate surface area is 134 Å². The summed E-state index contributed by atoms with van der Waals surface area (Å²) in [6.45, 7) is 2.56. The molecule has 0 saturated carbocycles. The number of aromatic nitrogens is 1. The molecule has 0 radical (unpaired) electrons. The van der Waals surface area contributed by atoms with Crippen LogP contribution in [0.5, 0.6) is 0 Å². The molecule has 1 aliphatic rings. The molecular formula is C12H21N5O3S2. The minimum absolute atomic E-state index is 0.195. The Morgan fingerprint density at radius 3 is 3.14 bits per heavy atom. The lowest BCUT2D eigenvalue weighted by molar-refractivity contribution is 0.197. The Morgan fingerprint density at radius 1 is 1.68 bits per heavy atom. The molecule has 0 bridgehead atoms. The number of nitrogens with two attached hydrogens (primary N) is 1. The van der Waals surface area contributed by atoms with E-state index in [2.05, 4.69) is 19.6 Å². The number of hydrogen-bond acceptors (Lipinski definition) is 6. The van der Waals surface area contributed by atoms with Crippen molar-refractivity contribution in [1.82, 2.24) is 14.6 Å². The first-order chi connectivity index (χ1) is 10.5. The standard InChI is InChI=1S/C12H21N5O3S2/c1-20-7-2-4-14-11(12-15-5-8-21-12)17-6-3-10(9-17)16-22(13,18)19/h5,8,10,16H,2-4,6-7,9H2,1H3,(H2,13,18,19)/t10-/m0/s1. The molecule has 1 aromatic rings. The molecule has 0 amide bonds. The summed E-state index contributed by atoms with van der Waals surface area (Å²) >= 11 is 1.52. The van der Waals surface area contributed by atoms with Crippen molar-refractivity contribution in [2.45, 2.75) is 18.9 Å². The maximum absolute atomic E-state index is 11.1. The largest absolute Gasteiger partial charge is 0.385 e. The lowest BCUT2D eigenvalue weighted by Crippen LogP contribution is -2.41. The van der Waals surface area contributed by atoms with Gasteiger partial charge >= 0.3 is 0 Å². The third-order valence-electron chi connectivity index (χ3n) is 3.21. The molecule has 1 atom stereocenters. The summed E-state index contributed by atoms with van der Waals surface area (Å²) < 4.78 is 29.7. The second-order valence-electron chi connectivity index (χ2n) is 4.98. The second kappa shape index (κ2) is 7.97. The molecule has 3 N–H and O–H groups in total. The maximum Gasteiger partial charge on any atom is 0.274 e. The van der Waals surface area contributed by atoms with Gasteiger partial charge in [-0.15, -0.1) is 11.3 Å². The first kappa shape index (κ1) is 17.3. The predicted octanol–water partition coefficient (Wildman–Crippen LogP) is -0.206. The van der Waals surface area contributed by atoms with Gasteiger partial charge in [0.2, 0.25) is 0 Å². The zero-order valence-corrected chi connectivity index (χ0v) is 14.1. The van der Waals surface area contributed by atoms with E-state index in [-0.39, 0.29) is 6.04 Å². The van der Waals surface area contributed by atoms with Crippen LogP contribution in [-0.4, -0.2) is 63.5 Å². The highest BCUT2D eigenvalue weighted by Crippen LogP contribution is 2.16. The molecule has 124 valence electrons. The molecule has 2 heterocycles. The molecule has 1 aromatic heterocycles. The number of ether oxygens (including phenoxy) is 1. The van der Waals surface area contributed by atoms with E-state index >= 15 is 0 Å². The molecule has 8 nitrogen and oxygen atoms in total. The summed E-state index contributed by atoms with van der Waals surface area (Å²) in [6.07, 6.45) is 3.26. The molecule has 22 heavy (non-hydrogen) atoms. The van der Waals surface area contributed by atoms with Gasteiger partial charge in [0.1, 0.15) is 0 Å². The van der Waals surface area contributed by atoms with E-state index in [0.717, 1.165) is 23.8 Å². The third-order valence-corrected chi connectivity index (χ3v) is 4.64. The van der Waals surface area contributed by atoms with Crippen molar-refractivity contribution in [3.05, 3.63) is 16.6 Å². The number of methoxy groups -OCH3 is 1. The average Bonchev–Trinajstić information content (AvgIpc) is 3.09. The highest BCUT2D eigenvalue weighted by atomic mass is 32.2. The maximum atomic E-state index is 11.1. The predicted molar refractivity (Wildman–Crippen MR) is 86.2 cm³/mol. The molecule has 1 fully saturated rings. The second-order valence-corrected chi connectivity index (χ2v) is 7.20. The van der Waals surface area contributed by atoms with Gasteiger partial charge in [-0.05, 0) is 12.8 Å². The summed E-state index contributed by atoms with van der Waals surface area (Å²) in [5, 5.41) is 7.77. The molecule has 10 heteroatoms. The van der Waals surface area contributed by atoms with Crippen LogP contribution in [0.3, 0.4) is 0 Å². The van der Waals surface area contributed by atoms with Crippen molar-refractivity contribution >= 4 is 27.4 Å². The van der Waals surface area contributed by atoms with Crippen molar-refractivity contribution < 1.29 is 13.2 Å². The molecular weight excluding hydrogens is 326 g/mol. The lowest BCUT2D eigenvalue weighted by Gasteiger charge is -2.19. The topological polar surface area (TPSA) is 110 Å². The average molecular weight is 347 g/mol. The fourth-order valence-corrected chi connectivity index (χ4v) is 3.64. The van der Waals surface area contributed by atoms with Crippen LogP contribution in [0.25, 0.3) is 0 Å². The van der Waals surface area contributed by atoms with Gasteiger partial charge < -0.3 is 9.64 Å². The fraction of sp³-hybridized carbons (Fsp3) is 0.667. The number of aliphatic imine (C=N–C) groups is 1. The van der Waals surface area contributed by atoms with Gasteiger partial charge in [0.25, 0.3) is 10.2 Å². The van der Waals surface area contributed by atoms with Gasteiger partial charge in [-0.25, -0.2) is 10.1 Å². The SMILES string of the molecule is COCCCN=C(c1nccs1)N1CC[C@H](NS(N)(=O)=O)C1. The Kier molecular flexibility index (Phi) is 6.26. The third kappa shape index (κ3) is 5.29. The van der Waals surface area contributed by atoms with E-state index in [1.165, 1.54) is 11.3 Å². The lowest BCUT2D eigenvalue weighted by atomic mass is 10.3. The molecule has 1 aliphatic heterocycles. The first-order valence-electron chi connectivity index (χ1n) is 6.98. The highest BCUT2D eigenvalue weighted by Gasteiger charge is 2.28. The van der Waals surface area contributed by atoms with Gasteiger partial charge in [-0.1, -0.05) is 0 Å². The summed E-state index contributed by atoms with van der Waals surface area (Å²) in [6, 6.07) is -0.195. The summed E-state index contributed by atoms with van der Waals surface area (Å²) in [5.41, 5.74) is 0. The number of rotatable bonds is 7. The van der Waals surface area contributed by atoms with E-state index in [1.54, 1.807) is 13.3 Å². The van der Waals surface area contributed by atoms with Crippen molar-refractivity contribution in [3.63, 3.8) is 0 Å². The van der Waals surface area contributed by atoms with E-state index in [9.17, 15) is 8.42 Å². The van der Waals surface area contributed by atoms with Crippen molar-refractivity contribution in [2.24, 2.45) is 10.1 Å². The number of amidine groups is 1. The molecule has 0 spiro atoms. The van der Waals surface area contributed by atoms with Crippen LogP contribution in [0.1, 0.15) is 17.8 Å². The monoisotopic (exact) mass is 347 g/mol. The van der Waals surface area contributed by atoms with Crippen LogP contribution in [0.4, 0.5) is 0 Å². The Bertz CT molecular complexity index is 588. The number of hydrogen-bond donors (Lipinski definition) is 2. The van der Waals surface area contributed by atoms with Gasteiger partial charge in [-0.2, -0.15) is 13.1 Å². The molecule has 0 aromatic carbocycles. The van der Waals surface area contributed by atoms with Gasteiger partial charge in [0.15, 0.2) is 10.8 Å². The van der Waals surface area contributed by atoms with Gasteiger partial charge in [0.05, 0.1) is 0 Å². The smallest absolute Gasteiger partial charge is 0.274 e. The van der Waals surface area contributed by atoms with E-state index in [4.69, 9.17) is 9.88 Å². The summed E-state index contributed by atoms with van der Waals surface area (Å²) in [5.74, 6) is 0.810. The first-order valence-corrected chi connectivity index (χ1v) is 9.40. The van der Waals surface area contributed by atoms with Gasteiger partial charge in [0, 0.05) is 51.0 Å². The van der Waals surface area contributed by atoms with Crippen molar-refractivity contribution in [3.8, 4) is 0 Å². The van der Waals surface area contributed by atoms with E-state index in [0.29, 0.717) is 26.1 Å².